The maximum absolute atomic E-state index is 9.21. The molecule has 0 bridgehead atoms. The first-order chi connectivity index (χ1) is 26.1. The van der Waals surface area contributed by atoms with E-state index >= 15 is 0 Å². The number of aromatic hydroxyl groups is 6. The lowest BCUT2D eigenvalue weighted by Gasteiger charge is -2.10. The Labute approximate surface area is 340 Å². The molecule has 0 aliphatic carbocycles. The van der Waals surface area contributed by atoms with Gasteiger partial charge in [-0.05, 0) is 163 Å². The fourth-order valence-corrected chi connectivity index (χ4v) is 4.61. The third-order valence-electron chi connectivity index (χ3n) is 6.72. The Hall–Kier alpha value is -5.13. The highest BCUT2D eigenvalue weighted by molar-refractivity contribution is 14.1. The molecule has 0 saturated carbocycles. The van der Waals surface area contributed by atoms with Crippen LogP contribution in [0.25, 0.3) is 0 Å². The second kappa shape index (κ2) is 28.3. The van der Waals surface area contributed by atoms with E-state index in [4.69, 9.17) is 30.3 Å². The van der Waals surface area contributed by atoms with Crippen LogP contribution in [0, 0.1) is 15.4 Å². The predicted octanol–water partition coefficient (Wildman–Crippen LogP) is 7.62. The topological polar surface area (TPSA) is 140 Å². The van der Waals surface area contributed by atoms with E-state index in [9.17, 15) is 5.11 Å². The third-order valence-corrected chi connectivity index (χ3v) is 7.39. The van der Waals surface area contributed by atoms with Gasteiger partial charge in [-0.25, -0.2) is 0 Å². The van der Waals surface area contributed by atoms with Gasteiger partial charge in [0.1, 0.15) is 46.9 Å². The highest BCUT2D eigenvalue weighted by atomic mass is 127. The quantitative estimate of drug-likeness (QED) is 0.0648. The summed E-state index contributed by atoms with van der Waals surface area (Å²) in [6.07, 6.45) is 2.17. The zero-order chi connectivity index (χ0) is 41.0. The Bertz CT molecular complexity index is 1710. The van der Waals surface area contributed by atoms with Gasteiger partial charge in [-0.3, -0.25) is 4.90 Å². The molecular weight excluding hydrogens is 809 g/mol. The van der Waals surface area contributed by atoms with Gasteiger partial charge in [-0.2, -0.15) is 0 Å². The van der Waals surface area contributed by atoms with Gasteiger partial charge in [0.05, 0.1) is 6.54 Å². The standard InChI is InChI=1S/C11H17NO.C11H13NO.C10H15NO2.C6H5IO.C6H6O2/c2*1-12(2)8-4-6-10-5-3-7-11(13)9-10;1-11(2)6-7-13-10-5-3-4-9(12)8-10;2*7-5-2-1-3-6(8)4-5/h3,5,7,9,13H,4,6,8H2,1-2H3;3,5,7,9,13H,8H2,1-2H3;3-5,8,12H,6-7H2,1-2H3;1-4,8H;1-4,7-8H. The summed E-state index contributed by atoms with van der Waals surface area (Å²) in [6, 6.07) is 34.2. The SMILES string of the molecule is CN(C)CC#Cc1cccc(O)c1.CN(C)CCCc1cccc(O)c1.CN(C)CCOc1cccc(O)c1.Oc1cccc(I)c1.Oc1cccc(O)c1. The predicted molar refractivity (Wildman–Crippen MR) is 231 cm³/mol. The maximum Gasteiger partial charge on any atom is 0.123 e. The first-order valence-corrected chi connectivity index (χ1v) is 18.5. The summed E-state index contributed by atoms with van der Waals surface area (Å²) >= 11 is 2.15. The number of phenolic OH excluding ortho intramolecular Hbond substituents is 6. The minimum atomic E-state index is 0.0880. The molecule has 5 aromatic carbocycles. The number of halogens is 1. The van der Waals surface area contributed by atoms with E-state index < -0.39 is 0 Å². The van der Waals surface area contributed by atoms with Crippen LogP contribution in [0.4, 0.5) is 0 Å². The highest BCUT2D eigenvalue weighted by Gasteiger charge is 1.97. The van der Waals surface area contributed by atoms with Crippen molar-refractivity contribution in [1.82, 2.24) is 14.7 Å². The van der Waals surface area contributed by atoms with Crippen molar-refractivity contribution in [3.63, 3.8) is 0 Å². The van der Waals surface area contributed by atoms with Gasteiger partial charge in [0.25, 0.3) is 0 Å². The van der Waals surface area contributed by atoms with Crippen molar-refractivity contribution in [2.24, 2.45) is 0 Å². The molecule has 0 radical (unpaired) electrons. The van der Waals surface area contributed by atoms with Crippen molar-refractivity contribution in [3.8, 4) is 52.1 Å². The van der Waals surface area contributed by atoms with Crippen LogP contribution in [0.15, 0.2) is 121 Å². The van der Waals surface area contributed by atoms with Crippen molar-refractivity contribution >= 4 is 22.6 Å². The lowest BCUT2D eigenvalue weighted by Crippen LogP contribution is -2.19. The number of nitrogens with zero attached hydrogens (tertiary/aromatic N) is 3. The largest absolute Gasteiger partial charge is 0.508 e. The van der Waals surface area contributed by atoms with Crippen molar-refractivity contribution in [3.05, 3.63) is 136 Å². The van der Waals surface area contributed by atoms with Crippen molar-refractivity contribution in [2.45, 2.75) is 12.8 Å². The number of hydrogen-bond donors (Lipinski definition) is 6. The molecule has 6 N–H and O–H groups in total. The lowest BCUT2D eigenvalue weighted by molar-refractivity contribution is 0.260. The van der Waals surface area contributed by atoms with Crippen LogP contribution >= 0.6 is 22.6 Å². The Morgan fingerprint density at radius 1 is 0.527 bits per heavy atom. The maximum atomic E-state index is 9.21. The molecule has 0 heterocycles. The summed E-state index contributed by atoms with van der Waals surface area (Å²) in [5, 5.41) is 53.6. The smallest absolute Gasteiger partial charge is 0.123 e. The van der Waals surface area contributed by atoms with E-state index in [1.165, 1.54) is 23.8 Å². The lowest BCUT2D eigenvalue weighted by atomic mass is 10.1. The molecule has 10 nitrogen and oxygen atoms in total. The molecule has 0 aliphatic heterocycles. The van der Waals surface area contributed by atoms with Crippen LogP contribution in [0.2, 0.25) is 0 Å². The molecule has 0 spiro atoms. The molecule has 55 heavy (non-hydrogen) atoms. The molecule has 0 atom stereocenters. The highest BCUT2D eigenvalue weighted by Crippen LogP contribution is 2.18. The zero-order valence-corrected chi connectivity index (χ0v) is 34.8. The van der Waals surface area contributed by atoms with Gasteiger partial charge in [0, 0.05) is 27.8 Å². The van der Waals surface area contributed by atoms with Gasteiger partial charge in [-0.1, -0.05) is 48.2 Å². The number of likely N-dealkylation sites (N-methyl/N-ethyl adjacent to an activating group) is 1. The normalized spacial score (nSPS) is 9.85. The second-order valence-corrected chi connectivity index (χ2v) is 14.1. The molecule has 0 saturated heterocycles. The average molecular weight is 866 g/mol. The van der Waals surface area contributed by atoms with Gasteiger partial charge in [0.2, 0.25) is 0 Å². The molecule has 5 aromatic rings. The van der Waals surface area contributed by atoms with Gasteiger partial charge in [0.15, 0.2) is 0 Å². The molecule has 11 heteroatoms. The molecule has 5 rings (SSSR count). The summed E-state index contributed by atoms with van der Waals surface area (Å²) in [4.78, 5) is 6.21. The first-order valence-electron chi connectivity index (χ1n) is 17.5. The summed E-state index contributed by atoms with van der Waals surface area (Å²) < 4.78 is 6.45. The Kier molecular flexibility index (Phi) is 24.7. The van der Waals surface area contributed by atoms with Crippen LogP contribution in [0.5, 0.6) is 40.2 Å². The van der Waals surface area contributed by atoms with Crippen LogP contribution in [-0.2, 0) is 6.42 Å². The molecule has 296 valence electrons. The van der Waals surface area contributed by atoms with Crippen molar-refractivity contribution in [1.29, 1.82) is 0 Å². The van der Waals surface area contributed by atoms with E-state index in [1.54, 1.807) is 60.7 Å². The molecule has 0 aliphatic rings. The molecular formula is C44H56IN3O7. The van der Waals surface area contributed by atoms with Crippen LogP contribution in [0.3, 0.4) is 0 Å². The van der Waals surface area contributed by atoms with Gasteiger partial charge in [-0.15, -0.1) is 0 Å². The number of rotatable bonds is 9. The summed E-state index contributed by atoms with van der Waals surface area (Å²) in [5.74, 6) is 8.04. The van der Waals surface area contributed by atoms with Crippen LogP contribution < -0.4 is 4.74 Å². The Morgan fingerprint density at radius 2 is 1.02 bits per heavy atom. The Balaban J connectivity index is 0.000000349. The molecule has 0 amide bonds. The number of benzene rings is 5. The number of phenols is 6. The fourth-order valence-electron chi connectivity index (χ4n) is 4.08. The number of ether oxygens (including phenoxy) is 1. The fraction of sp³-hybridized carbons (Fsp3) is 0.273. The van der Waals surface area contributed by atoms with Crippen LogP contribution in [-0.4, -0.2) is 114 Å². The molecule has 0 fully saturated rings. The Morgan fingerprint density at radius 3 is 1.47 bits per heavy atom. The number of hydrogen-bond acceptors (Lipinski definition) is 10. The summed E-state index contributed by atoms with van der Waals surface area (Å²) in [6.45, 7) is 3.33. The molecule has 0 aromatic heterocycles. The first kappa shape index (κ1) is 47.9. The minimum Gasteiger partial charge on any atom is -0.508 e. The van der Waals surface area contributed by atoms with E-state index in [2.05, 4.69) is 59.5 Å². The van der Waals surface area contributed by atoms with Gasteiger partial charge < -0.3 is 45.2 Å². The van der Waals surface area contributed by atoms with Crippen LogP contribution in [0.1, 0.15) is 17.5 Å². The summed E-state index contributed by atoms with van der Waals surface area (Å²) in [5.41, 5.74) is 2.06. The van der Waals surface area contributed by atoms with E-state index in [0.717, 1.165) is 41.6 Å². The second-order valence-electron chi connectivity index (χ2n) is 12.8. The van der Waals surface area contributed by atoms with E-state index in [0.29, 0.717) is 23.9 Å². The van der Waals surface area contributed by atoms with E-state index in [1.807, 2.05) is 74.4 Å². The van der Waals surface area contributed by atoms with E-state index in [-0.39, 0.29) is 23.0 Å². The third kappa shape index (κ3) is 27.2. The monoisotopic (exact) mass is 865 g/mol. The van der Waals surface area contributed by atoms with Crippen molar-refractivity contribution in [2.75, 3.05) is 68.5 Å². The minimum absolute atomic E-state index is 0.0880. The van der Waals surface area contributed by atoms with Crippen molar-refractivity contribution < 1.29 is 35.4 Å². The zero-order valence-electron chi connectivity index (χ0n) is 32.6. The molecule has 0 unspecified atom stereocenters. The number of aryl methyl sites for hydroxylation is 1. The summed E-state index contributed by atoms with van der Waals surface area (Å²) in [7, 11) is 12.1. The average Bonchev–Trinajstić information content (AvgIpc) is 3.09. The van der Waals surface area contributed by atoms with Gasteiger partial charge >= 0.3 is 0 Å².